The van der Waals surface area contributed by atoms with Crippen molar-refractivity contribution in [3.05, 3.63) is 74.3 Å². The second kappa shape index (κ2) is 9.93. The van der Waals surface area contributed by atoms with E-state index in [2.05, 4.69) is 0 Å². The van der Waals surface area contributed by atoms with E-state index in [1.54, 1.807) is 0 Å². The van der Waals surface area contributed by atoms with Gasteiger partial charge in [0.25, 0.3) is 11.4 Å². The summed E-state index contributed by atoms with van der Waals surface area (Å²) < 4.78 is 10.4. The van der Waals surface area contributed by atoms with Gasteiger partial charge in [0.05, 0.1) is 9.85 Å². The van der Waals surface area contributed by atoms with Gasteiger partial charge in [0.2, 0.25) is 0 Å². The SMILES string of the molecule is CC(=O)OC(CCCC(=O)Oc1ccc([N+](=O)[O-])cc1)c1ccc([N+](=O)[O-])cc1. The first-order chi connectivity index (χ1) is 13.8. The lowest BCUT2D eigenvalue weighted by molar-refractivity contribution is -0.385. The number of hydrogen-bond donors (Lipinski definition) is 0. The summed E-state index contributed by atoms with van der Waals surface area (Å²) >= 11 is 0. The first-order valence-electron chi connectivity index (χ1n) is 8.63. The van der Waals surface area contributed by atoms with Crippen molar-refractivity contribution in [2.75, 3.05) is 0 Å². The Morgan fingerprint density at radius 1 is 0.931 bits per heavy atom. The van der Waals surface area contributed by atoms with Crippen molar-refractivity contribution >= 4 is 23.3 Å². The predicted molar refractivity (Wildman–Crippen MR) is 100 cm³/mol. The van der Waals surface area contributed by atoms with Crippen molar-refractivity contribution in [1.82, 2.24) is 0 Å². The Morgan fingerprint density at radius 2 is 1.45 bits per heavy atom. The molecule has 152 valence electrons. The van der Waals surface area contributed by atoms with E-state index in [1.165, 1.54) is 55.5 Å². The predicted octanol–water partition coefficient (Wildman–Crippen LogP) is 3.88. The fourth-order valence-electron chi connectivity index (χ4n) is 2.55. The van der Waals surface area contributed by atoms with E-state index >= 15 is 0 Å². The van der Waals surface area contributed by atoms with Crippen molar-refractivity contribution < 1.29 is 28.9 Å². The van der Waals surface area contributed by atoms with E-state index < -0.39 is 27.9 Å². The molecule has 2 rings (SSSR count). The molecule has 0 aromatic heterocycles. The summed E-state index contributed by atoms with van der Waals surface area (Å²) in [5, 5.41) is 21.4. The highest BCUT2D eigenvalue weighted by molar-refractivity contribution is 5.72. The fourth-order valence-corrected chi connectivity index (χ4v) is 2.55. The minimum atomic E-state index is -0.652. The third kappa shape index (κ3) is 6.69. The van der Waals surface area contributed by atoms with Crippen LogP contribution in [0.25, 0.3) is 0 Å². The van der Waals surface area contributed by atoms with Crippen LogP contribution in [0.3, 0.4) is 0 Å². The maximum atomic E-state index is 12.0. The Kier molecular flexibility index (Phi) is 7.35. The van der Waals surface area contributed by atoms with Crippen molar-refractivity contribution in [3.8, 4) is 5.75 Å². The Balaban J connectivity index is 1.91. The van der Waals surface area contributed by atoms with Crippen LogP contribution >= 0.6 is 0 Å². The molecule has 0 saturated heterocycles. The van der Waals surface area contributed by atoms with Gasteiger partial charge in [-0.15, -0.1) is 0 Å². The summed E-state index contributed by atoms with van der Waals surface area (Å²) in [6, 6.07) is 10.7. The molecule has 0 fully saturated rings. The molecule has 1 unspecified atom stereocenters. The number of carbonyl (C=O) groups excluding carboxylic acids is 2. The van der Waals surface area contributed by atoms with E-state index in [-0.39, 0.29) is 23.5 Å². The van der Waals surface area contributed by atoms with Crippen LogP contribution in [0.15, 0.2) is 48.5 Å². The van der Waals surface area contributed by atoms with Gasteiger partial charge < -0.3 is 9.47 Å². The maximum absolute atomic E-state index is 12.0. The lowest BCUT2D eigenvalue weighted by Gasteiger charge is -2.17. The quantitative estimate of drug-likeness (QED) is 0.266. The zero-order valence-electron chi connectivity index (χ0n) is 15.5. The van der Waals surface area contributed by atoms with Crippen LogP contribution in [0.5, 0.6) is 5.75 Å². The highest BCUT2D eigenvalue weighted by Crippen LogP contribution is 2.26. The van der Waals surface area contributed by atoms with Crippen molar-refractivity contribution in [2.45, 2.75) is 32.3 Å². The minimum Gasteiger partial charge on any atom is -0.458 e. The molecule has 1 atom stereocenters. The van der Waals surface area contributed by atoms with E-state index in [0.717, 1.165) is 0 Å². The normalized spacial score (nSPS) is 11.3. The van der Waals surface area contributed by atoms with Crippen LogP contribution < -0.4 is 4.74 Å². The molecule has 10 nitrogen and oxygen atoms in total. The van der Waals surface area contributed by atoms with Crippen molar-refractivity contribution in [3.63, 3.8) is 0 Å². The molecule has 2 aromatic carbocycles. The van der Waals surface area contributed by atoms with E-state index in [0.29, 0.717) is 18.4 Å². The van der Waals surface area contributed by atoms with Crippen LogP contribution in [-0.2, 0) is 14.3 Å². The standard InChI is InChI=1S/C19H18N2O8/c1-13(22)28-18(14-5-7-15(8-6-14)20(24)25)3-2-4-19(23)29-17-11-9-16(10-12-17)21(26)27/h5-12,18H,2-4H2,1H3. The van der Waals surface area contributed by atoms with Gasteiger partial charge in [0, 0.05) is 37.6 Å². The summed E-state index contributed by atoms with van der Waals surface area (Å²) in [5.41, 5.74) is 0.383. The minimum absolute atomic E-state index is 0.0295. The average molecular weight is 402 g/mol. The Morgan fingerprint density at radius 3 is 1.93 bits per heavy atom. The summed E-state index contributed by atoms with van der Waals surface area (Å²) in [6.45, 7) is 1.25. The highest BCUT2D eigenvalue weighted by Gasteiger charge is 2.17. The van der Waals surface area contributed by atoms with Crippen LogP contribution in [0.4, 0.5) is 11.4 Å². The Labute approximate surface area is 165 Å². The zero-order chi connectivity index (χ0) is 21.4. The van der Waals surface area contributed by atoms with E-state index in [1.807, 2.05) is 0 Å². The molecule has 0 heterocycles. The second-order valence-electron chi connectivity index (χ2n) is 6.06. The van der Waals surface area contributed by atoms with Crippen LogP contribution in [0, 0.1) is 20.2 Å². The van der Waals surface area contributed by atoms with Gasteiger partial charge in [-0.2, -0.15) is 0 Å². The highest BCUT2D eigenvalue weighted by atomic mass is 16.6. The molecule has 0 saturated carbocycles. The number of nitro groups is 2. The number of rotatable bonds is 9. The van der Waals surface area contributed by atoms with Gasteiger partial charge in [-0.3, -0.25) is 29.8 Å². The van der Waals surface area contributed by atoms with Crippen LogP contribution in [0.2, 0.25) is 0 Å². The number of benzene rings is 2. The number of carbonyl (C=O) groups is 2. The summed E-state index contributed by atoms with van der Waals surface area (Å²) in [7, 11) is 0. The molecular formula is C19H18N2O8. The monoisotopic (exact) mass is 402 g/mol. The molecule has 0 bridgehead atoms. The van der Waals surface area contributed by atoms with E-state index in [4.69, 9.17) is 9.47 Å². The van der Waals surface area contributed by atoms with Gasteiger partial charge in [-0.1, -0.05) is 0 Å². The molecular weight excluding hydrogens is 384 g/mol. The van der Waals surface area contributed by atoms with Crippen molar-refractivity contribution in [1.29, 1.82) is 0 Å². The summed E-state index contributed by atoms with van der Waals surface area (Å²) in [5.74, 6) is -0.863. The first-order valence-corrected chi connectivity index (χ1v) is 8.63. The molecule has 0 amide bonds. The molecule has 10 heteroatoms. The number of non-ortho nitro benzene ring substituents is 2. The molecule has 0 spiro atoms. The van der Waals surface area contributed by atoms with Gasteiger partial charge >= 0.3 is 11.9 Å². The Hall–Kier alpha value is -3.82. The molecule has 29 heavy (non-hydrogen) atoms. The van der Waals surface area contributed by atoms with Crippen LogP contribution in [0.1, 0.15) is 37.9 Å². The molecule has 0 aliphatic carbocycles. The second-order valence-corrected chi connectivity index (χ2v) is 6.06. The van der Waals surface area contributed by atoms with Crippen molar-refractivity contribution in [2.24, 2.45) is 0 Å². The molecule has 2 aromatic rings. The lowest BCUT2D eigenvalue weighted by atomic mass is 10.0. The van der Waals surface area contributed by atoms with Gasteiger partial charge in [-0.05, 0) is 42.7 Å². The molecule has 0 N–H and O–H groups in total. The zero-order valence-corrected chi connectivity index (χ0v) is 15.5. The average Bonchev–Trinajstić information content (AvgIpc) is 2.67. The summed E-state index contributed by atoms with van der Waals surface area (Å²) in [4.78, 5) is 43.6. The number of ether oxygens (including phenoxy) is 2. The lowest BCUT2D eigenvalue weighted by Crippen LogP contribution is -2.11. The molecule has 0 aliphatic rings. The third-order valence-corrected chi connectivity index (χ3v) is 3.91. The molecule has 0 radical (unpaired) electrons. The number of nitro benzene ring substituents is 2. The third-order valence-electron chi connectivity index (χ3n) is 3.91. The maximum Gasteiger partial charge on any atom is 0.311 e. The number of hydrogen-bond acceptors (Lipinski definition) is 8. The topological polar surface area (TPSA) is 139 Å². The largest absolute Gasteiger partial charge is 0.458 e. The number of esters is 2. The summed E-state index contributed by atoms with van der Waals surface area (Å²) in [6.07, 6.45) is 0.0235. The fraction of sp³-hybridized carbons (Fsp3) is 0.263. The first kappa shape index (κ1) is 21.5. The van der Waals surface area contributed by atoms with Gasteiger partial charge in [-0.25, -0.2) is 0 Å². The van der Waals surface area contributed by atoms with E-state index in [9.17, 15) is 29.8 Å². The smallest absolute Gasteiger partial charge is 0.311 e. The Bertz CT molecular complexity index is 893. The molecule has 0 aliphatic heterocycles. The van der Waals surface area contributed by atoms with Gasteiger partial charge in [0.1, 0.15) is 11.9 Å². The van der Waals surface area contributed by atoms with Gasteiger partial charge in [0.15, 0.2) is 0 Å². The van der Waals surface area contributed by atoms with Crippen LogP contribution in [-0.4, -0.2) is 21.8 Å². The number of nitrogens with zero attached hydrogens (tertiary/aromatic N) is 2.